The second-order valence-electron chi connectivity index (χ2n) is 6.87. The first-order valence-electron chi connectivity index (χ1n) is 8.98. The van der Waals surface area contributed by atoms with Crippen molar-refractivity contribution in [3.63, 3.8) is 0 Å². The minimum absolute atomic E-state index is 0.0875. The second kappa shape index (κ2) is 8.31. The lowest BCUT2D eigenvalue weighted by Gasteiger charge is -2.33. The molecule has 28 heavy (non-hydrogen) atoms. The van der Waals surface area contributed by atoms with E-state index in [1.807, 2.05) is 0 Å². The van der Waals surface area contributed by atoms with Crippen molar-refractivity contribution in [3.05, 3.63) is 58.6 Å². The molecule has 1 aliphatic rings. The SMILES string of the molecule is Nc1cccc(Cl)c1NC1CCN(C(=O)Cc2ccc(C(F)(F)F)cc2)CC1. The average Bonchev–Trinajstić information content (AvgIpc) is 2.65. The third kappa shape index (κ3) is 4.90. The normalized spacial score (nSPS) is 15.5. The lowest BCUT2D eigenvalue weighted by Crippen LogP contribution is -2.43. The summed E-state index contributed by atoms with van der Waals surface area (Å²) in [5.74, 6) is -0.0875. The van der Waals surface area contributed by atoms with Crippen LogP contribution in [-0.4, -0.2) is 29.9 Å². The number of hydrogen-bond donors (Lipinski definition) is 2. The van der Waals surface area contributed by atoms with E-state index in [-0.39, 0.29) is 18.4 Å². The number of nitrogens with zero attached hydrogens (tertiary/aromatic N) is 1. The number of rotatable bonds is 4. The predicted octanol–water partition coefficient (Wildman–Crippen LogP) is 4.59. The Kier molecular flexibility index (Phi) is 6.03. The molecule has 2 aromatic rings. The molecule has 0 saturated carbocycles. The van der Waals surface area contributed by atoms with E-state index in [1.54, 1.807) is 23.1 Å². The van der Waals surface area contributed by atoms with Crippen molar-refractivity contribution in [1.29, 1.82) is 0 Å². The van der Waals surface area contributed by atoms with Crippen LogP contribution in [0.4, 0.5) is 24.5 Å². The van der Waals surface area contributed by atoms with Gasteiger partial charge in [-0.3, -0.25) is 4.79 Å². The monoisotopic (exact) mass is 411 g/mol. The van der Waals surface area contributed by atoms with Crippen LogP contribution < -0.4 is 11.1 Å². The van der Waals surface area contributed by atoms with Gasteiger partial charge in [-0.15, -0.1) is 0 Å². The number of hydrogen-bond acceptors (Lipinski definition) is 3. The number of nitrogen functional groups attached to an aromatic ring is 1. The van der Waals surface area contributed by atoms with Gasteiger partial charge in [0.05, 0.1) is 28.4 Å². The zero-order valence-electron chi connectivity index (χ0n) is 15.1. The van der Waals surface area contributed by atoms with Crippen LogP contribution >= 0.6 is 11.6 Å². The molecule has 1 fully saturated rings. The number of benzene rings is 2. The smallest absolute Gasteiger partial charge is 0.397 e. The molecule has 150 valence electrons. The number of carbonyl (C=O) groups excluding carboxylic acids is 1. The molecule has 3 N–H and O–H groups in total. The quantitative estimate of drug-likeness (QED) is 0.723. The van der Waals surface area contributed by atoms with E-state index in [0.717, 1.165) is 25.0 Å². The maximum atomic E-state index is 12.6. The van der Waals surface area contributed by atoms with Crippen LogP contribution in [0.1, 0.15) is 24.0 Å². The van der Waals surface area contributed by atoms with Gasteiger partial charge < -0.3 is 16.0 Å². The van der Waals surface area contributed by atoms with E-state index in [0.29, 0.717) is 35.1 Å². The molecule has 4 nitrogen and oxygen atoms in total. The van der Waals surface area contributed by atoms with Gasteiger partial charge in [0.1, 0.15) is 0 Å². The third-order valence-electron chi connectivity index (χ3n) is 4.88. The fraction of sp³-hybridized carbons (Fsp3) is 0.350. The number of nitrogens with two attached hydrogens (primary N) is 1. The van der Waals surface area contributed by atoms with Crippen LogP contribution in [0.15, 0.2) is 42.5 Å². The number of carbonyl (C=O) groups is 1. The lowest BCUT2D eigenvalue weighted by molar-refractivity contribution is -0.137. The van der Waals surface area contributed by atoms with E-state index in [1.165, 1.54) is 12.1 Å². The molecular formula is C20H21ClF3N3O. The van der Waals surface area contributed by atoms with Gasteiger partial charge in [-0.25, -0.2) is 0 Å². The van der Waals surface area contributed by atoms with E-state index in [9.17, 15) is 18.0 Å². The molecule has 1 amide bonds. The minimum atomic E-state index is -4.37. The van der Waals surface area contributed by atoms with Gasteiger partial charge in [-0.1, -0.05) is 29.8 Å². The molecule has 3 rings (SSSR count). The number of halogens is 4. The number of amides is 1. The number of para-hydroxylation sites is 1. The number of likely N-dealkylation sites (tertiary alicyclic amines) is 1. The van der Waals surface area contributed by atoms with Crippen LogP contribution in [0, 0.1) is 0 Å². The largest absolute Gasteiger partial charge is 0.416 e. The summed E-state index contributed by atoms with van der Waals surface area (Å²) >= 11 is 6.18. The van der Waals surface area contributed by atoms with E-state index < -0.39 is 11.7 Å². The van der Waals surface area contributed by atoms with E-state index in [4.69, 9.17) is 17.3 Å². The van der Waals surface area contributed by atoms with Gasteiger partial charge in [0.2, 0.25) is 5.91 Å². The molecule has 0 radical (unpaired) electrons. The van der Waals surface area contributed by atoms with Crippen LogP contribution in [0.25, 0.3) is 0 Å². The standard InChI is InChI=1S/C20H21ClF3N3O/c21-16-2-1-3-17(25)19(16)26-15-8-10-27(11-9-15)18(28)12-13-4-6-14(7-5-13)20(22,23)24/h1-7,15,26H,8-12,25H2. The molecule has 1 aliphatic heterocycles. The topological polar surface area (TPSA) is 58.4 Å². The molecule has 0 spiro atoms. The summed E-state index contributed by atoms with van der Waals surface area (Å²) in [7, 11) is 0. The number of anilines is 2. The number of piperidine rings is 1. The maximum Gasteiger partial charge on any atom is 0.416 e. The van der Waals surface area contributed by atoms with Gasteiger partial charge in [0.15, 0.2) is 0 Å². The van der Waals surface area contributed by atoms with Crippen molar-refractivity contribution in [1.82, 2.24) is 4.90 Å². The van der Waals surface area contributed by atoms with Crippen LogP contribution in [0.2, 0.25) is 5.02 Å². The maximum absolute atomic E-state index is 12.6. The van der Waals surface area contributed by atoms with Gasteiger partial charge >= 0.3 is 6.18 Å². The summed E-state index contributed by atoms with van der Waals surface area (Å²) in [5, 5.41) is 3.90. The highest BCUT2D eigenvalue weighted by Crippen LogP contribution is 2.31. The van der Waals surface area contributed by atoms with Gasteiger partial charge in [0, 0.05) is 19.1 Å². The number of nitrogens with one attached hydrogen (secondary N) is 1. The zero-order valence-corrected chi connectivity index (χ0v) is 15.9. The van der Waals surface area contributed by atoms with Gasteiger partial charge in [-0.05, 0) is 42.7 Å². The van der Waals surface area contributed by atoms with E-state index in [2.05, 4.69) is 5.32 Å². The molecule has 8 heteroatoms. The number of alkyl halides is 3. The molecule has 0 bridgehead atoms. The van der Waals surface area contributed by atoms with Crippen molar-refractivity contribution in [2.45, 2.75) is 31.5 Å². The molecule has 2 aromatic carbocycles. The average molecular weight is 412 g/mol. The van der Waals surface area contributed by atoms with Crippen molar-refractivity contribution in [2.75, 3.05) is 24.1 Å². The molecule has 0 atom stereocenters. The van der Waals surface area contributed by atoms with Crippen molar-refractivity contribution in [3.8, 4) is 0 Å². The highest BCUT2D eigenvalue weighted by atomic mass is 35.5. The Labute approximate surface area is 166 Å². The first kappa shape index (κ1) is 20.3. The van der Waals surface area contributed by atoms with Crippen LogP contribution in [0.5, 0.6) is 0 Å². The van der Waals surface area contributed by atoms with Gasteiger partial charge in [0.25, 0.3) is 0 Å². The molecule has 0 unspecified atom stereocenters. The van der Waals surface area contributed by atoms with Crippen LogP contribution in [-0.2, 0) is 17.4 Å². The van der Waals surface area contributed by atoms with Gasteiger partial charge in [-0.2, -0.15) is 13.2 Å². The van der Waals surface area contributed by atoms with Crippen LogP contribution in [0.3, 0.4) is 0 Å². The Balaban J connectivity index is 1.52. The highest BCUT2D eigenvalue weighted by Gasteiger charge is 2.30. The third-order valence-corrected chi connectivity index (χ3v) is 5.19. The Bertz CT molecular complexity index is 811. The summed E-state index contributed by atoms with van der Waals surface area (Å²) < 4.78 is 37.9. The molecule has 1 heterocycles. The summed E-state index contributed by atoms with van der Waals surface area (Å²) in [6.45, 7) is 1.14. The first-order chi connectivity index (χ1) is 13.2. The lowest BCUT2D eigenvalue weighted by atomic mass is 10.0. The molecule has 0 aliphatic carbocycles. The van der Waals surface area contributed by atoms with Crippen molar-refractivity contribution >= 4 is 28.9 Å². The Morgan fingerprint density at radius 1 is 1.14 bits per heavy atom. The van der Waals surface area contributed by atoms with Crippen molar-refractivity contribution in [2.24, 2.45) is 0 Å². The Hall–Kier alpha value is -2.41. The van der Waals surface area contributed by atoms with Crippen molar-refractivity contribution < 1.29 is 18.0 Å². The Morgan fingerprint density at radius 3 is 2.36 bits per heavy atom. The fourth-order valence-electron chi connectivity index (χ4n) is 3.27. The first-order valence-corrected chi connectivity index (χ1v) is 9.36. The summed E-state index contributed by atoms with van der Waals surface area (Å²) in [6.07, 6.45) is -2.80. The minimum Gasteiger partial charge on any atom is -0.397 e. The summed E-state index contributed by atoms with van der Waals surface area (Å²) in [5.41, 5.74) is 7.10. The fourth-order valence-corrected chi connectivity index (χ4v) is 3.50. The molecule has 1 saturated heterocycles. The molecular weight excluding hydrogens is 391 g/mol. The Morgan fingerprint density at radius 2 is 1.79 bits per heavy atom. The highest BCUT2D eigenvalue weighted by molar-refractivity contribution is 6.33. The predicted molar refractivity (Wildman–Crippen MR) is 104 cm³/mol. The summed E-state index contributed by atoms with van der Waals surface area (Å²) in [6, 6.07) is 10.2. The summed E-state index contributed by atoms with van der Waals surface area (Å²) in [4.78, 5) is 14.2. The molecule has 0 aromatic heterocycles. The second-order valence-corrected chi connectivity index (χ2v) is 7.28. The van der Waals surface area contributed by atoms with E-state index >= 15 is 0 Å². The zero-order chi connectivity index (χ0) is 20.3.